The van der Waals surface area contributed by atoms with Crippen molar-refractivity contribution in [3.63, 3.8) is 0 Å². The van der Waals surface area contributed by atoms with Gasteiger partial charge >= 0.3 is 5.97 Å². The van der Waals surface area contributed by atoms with Crippen molar-refractivity contribution in [3.05, 3.63) is 35.9 Å². The molecule has 112 valence electrons. The Kier molecular flexibility index (Phi) is 6.40. The van der Waals surface area contributed by atoms with Crippen molar-refractivity contribution >= 4 is 11.9 Å². The van der Waals surface area contributed by atoms with Crippen LogP contribution >= 0.6 is 0 Å². The fourth-order valence-electron chi connectivity index (χ4n) is 1.43. The van der Waals surface area contributed by atoms with Crippen LogP contribution in [0.4, 0.5) is 0 Å². The van der Waals surface area contributed by atoms with E-state index in [1.165, 1.54) is 6.92 Å². The van der Waals surface area contributed by atoms with E-state index < -0.39 is 24.0 Å². The molecule has 0 aliphatic heterocycles. The monoisotopic (exact) mass is 290 g/mol. The van der Waals surface area contributed by atoms with E-state index in [1.54, 1.807) is 0 Å². The maximum Gasteiger partial charge on any atom is 0.322 e. The highest BCUT2D eigenvalue weighted by atomic mass is 16.4. The van der Waals surface area contributed by atoms with Crippen LogP contribution in [-0.2, 0) is 9.59 Å². The second kappa shape index (κ2) is 8.04. The summed E-state index contributed by atoms with van der Waals surface area (Å²) in [6.07, 6.45) is 0. The molecule has 1 atom stereocenters. The first-order valence-corrected chi connectivity index (χ1v) is 6.39. The number of rotatable bonds is 6. The number of amides is 1. The van der Waals surface area contributed by atoms with E-state index in [-0.39, 0.29) is 13.1 Å². The summed E-state index contributed by atoms with van der Waals surface area (Å²) in [4.78, 5) is 21.5. The average molecular weight is 290 g/mol. The number of benzene rings is 1. The molecular weight excluding hydrogens is 272 g/mol. The summed E-state index contributed by atoms with van der Waals surface area (Å²) in [5.41, 5.74) is -0.500. The van der Waals surface area contributed by atoms with Gasteiger partial charge in [0, 0.05) is 12.1 Å². The smallest absolute Gasteiger partial charge is 0.322 e. The Morgan fingerprint density at radius 1 is 1.24 bits per heavy atom. The molecule has 0 bridgehead atoms. The third-order valence-corrected chi connectivity index (χ3v) is 2.44. The molecule has 0 fully saturated rings. The minimum absolute atomic E-state index is 0.0869. The molecule has 21 heavy (non-hydrogen) atoms. The Balaban J connectivity index is 2.38. The van der Waals surface area contributed by atoms with Crippen LogP contribution in [0.1, 0.15) is 12.5 Å². The van der Waals surface area contributed by atoms with Crippen molar-refractivity contribution in [2.45, 2.75) is 12.5 Å². The van der Waals surface area contributed by atoms with Gasteiger partial charge in [0.05, 0.1) is 6.54 Å². The summed E-state index contributed by atoms with van der Waals surface area (Å²) in [5, 5.41) is 23.4. The lowest BCUT2D eigenvalue weighted by atomic mass is 10.1. The quantitative estimate of drug-likeness (QED) is 0.533. The maximum absolute atomic E-state index is 11.3. The molecule has 0 saturated heterocycles. The van der Waals surface area contributed by atoms with E-state index in [4.69, 9.17) is 5.11 Å². The summed E-state index contributed by atoms with van der Waals surface area (Å²) < 4.78 is 0. The van der Waals surface area contributed by atoms with Crippen LogP contribution in [0.3, 0.4) is 0 Å². The van der Waals surface area contributed by atoms with Crippen LogP contribution in [0.25, 0.3) is 0 Å². The minimum atomic E-state index is -1.29. The predicted molar refractivity (Wildman–Crippen MR) is 77.5 cm³/mol. The van der Waals surface area contributed by atoms with E-state index >= 15 is 0 Å². The van der Waals surface area contributed by atoms with Gasteiger partial charge in [-0.1, -0.05) is 30.0 Å². The van der Waals surface area contributed by atoms with Crippen molar-refractivity contribution in [3.8, 4) is 11.8 Å². The third kappa shape index (κ3) is 7.72. The van der Waals surface area contributed by atoms with Gasteiger partial charge in [0.1, 0.15) is 12.1 Å². The first kappa shape index (κ1) is 16.7. The number of carboxylic acids is 1. The van der Waals surface area contributed by atoms with Gasteiger partial charge in [-0.2, -0.15) is 0 Å². The predicted octanol–water partition coefficient (Wildman–Crippen LogP) is -0.420. The molecule has 0 heterocycles. The summed E-state index contributed by atoms with van der Waals surface area (Å²) in [7, 11) is 0. The molecule has 1 aromatic carbocycles. The Bertz CT molecular complexity index is 544. The van der Waals surface area contributed by atoms with Crippen LogP contribution in [0.15, 0.2) is 30.3 Å². The number of carbonyl (C=O) groups is 2. The van der Waals surface area contributed by atoms with Crippen LogP contribution < -0.4 is 10.6 Å². The van der Waals surface area contributed by atoms with Gasteiger partial charge < -0.3 is 20.8 Å². The molecule has 0 radical (unpaired) electrons. The van der Waals surface area contributed by atoms with Crippen LogP contribution in [0, 0.1) is 11.8 Å². The molecule has 1 rings (SSSR count). The van der Waals surface area contributed by atoms with Gasteiger partial charge in [-0.15, -0.1) is 0 Å². The van der Waals surface area contributed by atoms with Crippen LogP contribution in [0.5, 0.6) is 0 Å². The third-order valence-electron chi connectivity index (χ3n) is 2.44. The summed E-state index contributed by atoms with van der Waals surface area (Å²) in [6.45, 7) is 1.11. The molecule has 0 aliphatic carbocycles. The van der Waals surface area contributed by atoms with Gasteiger partial charge in [0.2, 0.25) is 5.91 Å². The SMILES string of the molecule is CC(O)(C#Cc1ccccc1)CNCC(=O)NCC(=O)O. The Morgan fingerprint density at radius 3 is 2.52 bits per heavy atom. The minimum Gasteiger partial charge on any atom is -0.480 e. The molecule has 1 amide bonds. The largest absolute Gasteiger partial charge is 0.480 e. The van der Waals surface area contributed by atoms with Gasteiger partial charge in [-0.25, -0.2) is 0 Å². The Hall–Kier alpha value is -2.36. The summed E-state index contributed by atoms with van der Waals surface area (Å²) in [6, 6.07) is 9.24. The van der Waals surface area contributed by atoms with Crippen molar-refractivity contribution in [1.29, 1.82) is 0 Å². The van der Waals surface area contributed by atoms with E-state index in [2.05, 4.69) is 22.5 Å². The standard InChI is InChI=1S/C15H18N2O4/c1-15(21,8-7-12-5-3-2-4-6-12)11-16-9-13(18)17-10-14(19)20/h2-6,16,21H,9-11H2,1H3,(H,17,18)(H,19,20). The lowest BCUT2D eigenvalue weighted by Gasteiger charge is -2.16. The number of hydrogen-bond acceptors (Lipinski definition) is 4. The lowest BCUT2D eigenvalue weighted by molar-refractivity contribution is -0.137. The second-order valence-corrected chi connectivity index (χ2v) is 4.66. The number of hydrogen-bond donors (Lipinski definition) is 4. The van der Waals surface area contributed by atoms with Gasteiger partial charge in [-0.05, 0) is 19.1 Å². The fraction of sp³-hybridized carbons (Fsp3) is 0.333. The normalized spacial score (nSPS) is 12.7. The molecule has 0 aromatic heterocycles. The maximum atomic E-state index is 11.3. The van der Waals surface area contributed by atoms with Crippen molar-refractivity contribution < 1.29 is 19.8 Å². The Morgan fingerprint density at radius 2 is 1.90 bits per heavy atom. The number of nitrogens with one attached hydrogen (secondary N) is 2. The molecular formula is C15H18N2O4. The molecule has 6 nitrogen and oxygen atoms in total. The number of carboxylic acid groups (broad SMARTS) is 1. The summed E-state index contributed by atoms with van der Waals surface area (Å²) in [5.74, 6) is 4.00. The molecule has 0 aliphatic rings. The highest BCUT2D eigenvalue weighted by Gasteiger charge is 2.16. The lowest BCUT2D eigenvalue weighted by Crippen LogP contribution is -2.42. The summed E-state index contributed by atoms with van der Waals surface area (Å²) >= 11 is 0. The molecule has 0 spiro atoms. The van der Waals surface area contributed by atoms with Crippen LogP contribution in [0.2, 0.25) is 0 Å². The highest BCUT2D eigenvalue weighted by Crippen LogP contribution is 2.01. The van der Waals surface area contributed by atoms with Crippen LogP contribution in [-0.4, -0.2) is 47.3 Å². The zero-order valence-corrected chi connectivity index (χ0v) is 11.7. The van der Waals surface area contributed by atoms with E-state index in [9.17, 15) is 14.7 Å². The van der Waals surface area contributed by atoms with Crippen molar-refractivity contribution in [2.24, 2.45) is 0 Å². The molecule has 1 aromatic rings. The molecule has 6 heteroatoms. The number of aliphatic hydroxyl groups is 1. The molecule has 4 N–H and O–H groups in total. The number of aliphatic carboxylic acids is 1. The zero-order valence-electron chi connectivity index (χ0n) is 11.7. The second-order valence-electron chi connectivity index (χ2n) is 4.66. The van der Waals surface area contributed by atoms with E-state index in [1.807, 2.05) is 30.3 Å². The van der Waals surface area contributed by atoms with Crippen molar-refractivity contribution in [2.75, 3.05) is 19.6 Å². The zero-order chi connectivity index (χ0) is 15.7. The Labute approximate surface area is 123 Å². The van der Waals surface area contributed by atoms with E-state index in [0.717, 1.165) is 5.56 Å². The van der Waals surface area contributed by atoms with E-state index in [0.29, 0.717) is 0 Å². The number of carbonyl (C=O) groups excluding carboxylic acids is 1. The first-order valence-electron chi connectivity index (χ1n) is 6.39. The topological polar surface area (TPSA) is 98.7 Å². The fourth-order valence-corrected chi connectivity index (χ4v) is 1.43. The van der Waals surface area contributed by atoms with Gasteiger partial charge in [0.25, 0.3) is 0 Å². The highest BCUT2D eigenvalue weighted by molar-refractivity contribution is 5.82. The van der Waals surface area contributed by atoms with Gasteiger partial charge in [-0.3, -0.25) is 9.59 Å². The average Bonchev–Trinajstić information content (AvgIpc) is 2.44. The first-order chi connectivity index (χ1) is 9.89. The van der Waals surface area contributed by atoms with Gasteiger partial charge in [0.15, 0.2) is 0 Å². The molecule has 1 unspecified atom stereocenters. The van der Waals surface area contributed by atoms with Crippen molar-refractivity contribution in [1.82, 2.24) is 10.6 Å². The molecule has 0 saturated carbocycles.